The van der Waals surface area contributed by atoms with Crippen LogP contribution in [0, 0.1) is 0 Å². The lowest BCUT2D eigenvalue weighted by Gasteiger charge is -2.09. The summed E-state index contributed by atoms with van der Waals surface area (Å²) < 4.78 is 0. The molecule has 3 rings (SSSR count). The van der Waals surface area contributed by atoms with E-state index in [0.717, 1.165) is 18.2 Å². The summed E-state index contributed by atoms with van der Waals surface area (Å²) in [6.45, 7) is 0. The summed E-state index contributed by atoms with van der Waals surface area (Å²) in [5.41, 5.74) is 0.304. The smallest absolute Gasteiger partial charge is 0.336 e. The van der Waals surface area contributed by atoms with Gasteiger partial charge in [0.2, 0.25) is 0 Å². The summed E-state index contributed by atoms with van der Waals surface area (Å²) in [5, 5.41) is 14.1. The van der Waals surface area contributed by atoms with Gasteiger partial charge in [-0.15, -0.1) is 0 Å². The number of nitrogens with one attached hydrogen (secondary N) is 1. The Morgan fingerprint density at radius 1 is 1.35 bits per heavy atom. The van der Waals surface area contributed by atoms with Crippen molar-refractivity contribution in [1.29, 1.82) is 0 Å². The summed E-state index contributed by atoms with van der Waals surface area (Å²) in [6.07, 6.45) is 3.97. The lowest BCUT2D eigenvalue weighted by atomic mass is 10.1. The number of fused-ring (bicyclic) bond motifs is 1. The fraction of sp³-hybridized carbons (Fsp3) is 0.231. The molecule has 0 unspecified atom stereocenters. The molecule has 17 heavy (non-hydrogen) atoms. The van der Waals surface area contributed by atoms with Crippen molar-refractivity contribution in [3.05, 3.63) is 36.0 Å². The molecule has 0 aliphatic heterocycles. The first-order chi connectivity index (χ1) is 8.25. The van der Waals surface area contributed by atoms with E-state index < -0.39 is 5.97 Å². The number of anilines is 1. The average molecular weight is 228 g/mol. The summed E-state index contributed by atoms with van der Waals surface area (Å²) in [7, 11) is 0. The Labute approximate surface area is 98.3 Å². The van der Waals surface area contributed by atoms with Gasteiger partial charge < -0.3 is 10.4 Å². The van der Waals surface area contributed by atoms with Gasteiger partial charge in [0.25, 0.3) is 0 Å². The minimum Gasteiger partial charge on any atom is -0.478 e. The number of aromatic nitrogens is 1. The molecule has 1 aliphatic rings. The molecule has 0 atom stereocenters. The predicted octanol–water partition coefficient (Wildman–Crippen LogP) is 2.51. The highest BCUT2D eigenvalue weighted by atomic mass is 16.4. The molecular weight excluding hydrogens is 216 g/mol. The SMILES string of the molecule is O=C(O)c1cccc2ccnc(NC3CC3)c12. The molecule has 1 aromatic carbocycles. The third kappa shape index (κ3) is 1.82. The molecular formula is C13H12N2O2. The minimum atomic E-state index is -0.914. The molecule has 0 spiro atoms. The van der Waals surface area contributed by atoms with Crippen molar-refractivity contribution in [2.45, 2.75) is 18.9 Å². The maximum absolute atomic E-state index is 11.2. The number of hydrogen-bond acceptors (Lipinski definition) is 3. The summed E-state index contributed by atoms with van der Waals surface area (Å²) in [4.78, 5) is 15.5. The predicted molar refractivity (Wildman–Crippen MR) is 65.3 cm³/mol. The zero-order chi connectivity index (χ0) is 11.8. The number of rotatable bonds is 3. The van der Waals surface area contributed by atoms with E-state index in [9.17, 15) is 9.90 Å². The van der Waals surface area contributed by atoms with Crippen molar-refractivity contribution in [1.82, 2.24) is 4.98 Å². The molecule has 1 aliphatic carbocycles. The maximum atomic E-state index is 11.2. The van der Waals surface area contributed by atoms with Gasteiger partial charge in [0.05, 0.1) is 5.56 Å². The number of aromatic carboxylic acids is 1. The van der Waals surface area contributed by atoms with E-state index in [-0.39, 0.29) is 0 Å². The Morgan fingerprint density at radius 2 is 2.18 bits per heavy atom. The Morgan fingerprint density at radius 3 is 2.88 bits per heavy atom. The second-order valence-electron chi connectivity index (χ2n) is 4.29. The Bertz CT molecular complexity index is 586. The molecule has 0 radical (unpaired) electrons. The summed E-state index contributed by atoms with van der Waals surface area (Å²) in [5.74, 6) is -0.231. The van der Waals surface area contributed by atoms with Crippen molar-refractivity contribution in [3.63, 3.8) is 0 Å². The number of benzene rings is 1. The van der Waals surface area contributed by atoms with Gasteiger partial charge in [-0.05, 0) is 30.4 Å². The molecule has 1 heterocycles. The summed E-state index contributed by atoms with van der Waals surface area (Å²) in [6, 6.07) is 7.56. The second kappa shape index (κ2) is 3.73. The van der Waals surface area contributed by atoms with Crippen LogP contribution in [0.3, 0.4) is 0 Å². The Balaban J connectivity index is 2.22. The van der Waals surface area contributed by atoms with Crippen LogP contribution in [-0.4, -0.2) is 22.1 Å². The van der Waals surface area contributed by atoms with Gasteiger partial charge in [0.15, 0.2) is 0 Å². The lowest BCUT2D eigenvalue weighted by Crippen LogP contribution is -2.06. The summed E-state index contributed by atoms with van der Waals surface area (Å²) >= 11 is 0. The highest BCUT2D eigenvalue weighted by molar-refractivity contribution is 6.08. The fourth-order valence-electron chi connectivity index (χ4n) is 1.94. The molecule has 0 saturated heterocycles. The molecule has 4 heteroatoms. The first kappa shape index (κ1) is 10.1. The first-order valence-corrected chi connectivity index (χ1v) is 5.63. The van der Waals surface area contributed by atoms with E-state index >= 15 is 0 Å². The minimum absolute atomic E-state index is 0.304. The van der Waals surface area contributed by atoms with Crippen LogP contribution in [0.25, 0.3) is 10.8 Å². The number of pyridine rings is 1. The number of carbonyl (C=O) groups is 1. The molecule has 0 amide bonds. The van der Waals surface area contributed by atoms with Crippen LogP contribution in [0.4, 0.5) is 5.82 Å². The number of carboxylic acid groups (broad SMARTS) is 1. The van der Waals surface area contributed by atoms with Crippen molar-refractivity contribution >= 4 is 22.6 Å². The maximum Gasteiger partial charge on any atom is 0.336 e. The van der Waals surface area contributed by atoms with E-state index in [1.54, 1.807) is 18.3 Å². The molecule has 0 bridgehead atoms. The zero-order valence-electron chi connectivity index (χ0n) is 9.18. The van der Waals surface area contributed by atoms with Crippen LogP contribution >= 0.6 is 0 Å². The van der Waals surface area contributed by atoms with Crippen LogP contribution in [0.15, 0.2) is 30.5 Å². The van der Waals surface area contributed by atoms with E-state index in [1.807, 2.05) is 12.1 Å². The van der Waals surface area contributed by atoms with Crippen molar-refractivity contribution in [2.75, 3.05) is 5.32 Å². The number of hydrogen-bond donors (Lipinski definition) is 2. The van der Waals surface area contributed by atoms with E-state index in [1.165, 1.54) is 0 Å². The molecule has 2 aromatic rings. The molecule has 1 aromatic heterocycles. The van der Waals surface area contributed by atoms with Gasteiger partial charge in [0, 0.05) is 17.6 Å². The van der Waals surface area contributed by atoms with E-state index in [4.69, 9.17) is 0 Å². The van der Waals surface area contributed by atoms with Crippen LogP contribution < -0.4 is 5.32 Å². The van der Waals surface area contributed by atoms with Gasteiger partial charge in [-0.3, -0.25) is 0 Å². The van der Waals surface area contributed by atoms with Gasteiger partial charge >= 0.3 is 5.97 Å². The Hall–Kier alpha value is -2.10. The molecule has 2 N–H and O–H groups in total. The third-order valence-corrected chi connectivity index (χ3v) is 2.94. The van der Waals surface area contributed by atoms with Crippen molar-refractivity contribution < 1.29 is 9.90 Å². The largest absolute Gasteiger partial charge is 0.478 e. The fourth-order valence-corrected chi connectivity index (χ4v) is 1.94. The highest BCUT2D eigenvalue weighted by Crippen LogP contribution is 2.30. The molecule has 1 saturated carbocycles. The quantitative estimate of drug-likeness (QED) is 0.847. The van der Waals surface area contributed by atoms with Gasteiger partial charge in [-0.2, -0.15) is 0 Å². The number of nitrogens with zero attached hydrogens (tertiary/aromatic N) is 1. The van der Waals surface area contributed by atoms with Gasteiger partial charge in [-0.1, -0.05) is 12.1 Å². The second-order valence-corrected chi connectivity index (χ2v) is 4.29. The van der Waals surface area contributed by atoms with Crippen LogP contribution in [0.2, 0.25) is 0 Å². The van der Waals surface area contributed by atoms with Gasteiger partial charge in [-0.25, -0.2) is 9.78 Å². The van der Waals surface area contributed by atoms with Crippen molar-refractivity contribution in [2.24, 2.45) is 0 Å². The topological polar surface area (TPSA) is 62.2 Å². The lowest BCUT2D eigenvalue weighted by molar-refractivity contribution is 0.0699. The van der Waals surface area contributed by atoms with Crippen LogP contribution in [0.5, 0.6) is 0 Å². The highest BCUT2D eigenvalue weighted by Gasteiger charge is 2.23. The van der Waals surface area contributed by atoms with Crippen LogP contribution in [0.1, 0.15) is 23.2 Å². The molecule has 1 fully saturated rings. The molecule has 86 valence electrons. The zero-order valence-corrected chi connectivity index (χ0v) is 9.18. The van der Waals surface area contributed by atoms with E-state index in [2.05, 4.69) is 10.3 Å². The molecule has 4 nitrogen and oxygen atoms in total. The van der Waals surface area contributed by atoms with Crippen molar-refractivity contribution in [3.8, 4) is 0 Å². The monoisotopic (exact) mass is 228 g/mol. The first-order valence-electron chi connectivity index (χ1n) is 5.63. The standard InChI is InChI=1S/C13H12N2O2/c16-13(17)10-3-1-2-8-6-7-14-12(11(8)10)15-9-4-5-9/h1-3,6-7,9H,4-5H2,(H,14,15)(H,16,17). The normalized spacial score (nSPS) is 14.8. The van der Waals surface area contributed by atoms with Gasteiger partial charge in [0.1, 0.15) is 5.82 Å². The average Bonchev–Trinajstić information content (AvgIpc) is 3.12. The number of carboxylic acids is 1. The van der Waals surface area contributed by atoms with E-state index in [0.29, 0.717) is 22.8 Å². The third-order valence-electron chi connectivity index (χ3n) is 2.94. The van der Waals surface area contributed by atoms with Crippen LogP contribution in [-0.2, 0) is 0 Å². The Kier molecular flexibility index (Phi) is 2.21.